The molecule has 1 aliphatic carbocycles. The first-order chi connectivity index (χ1) is 8.99. The van der Waals surface area contributed by atoms with Crippen molar-refractivity contribution in [1.29, 1.82) is 0 Å². The van der Waals surface area contributed by atoms with E-state index in [-0.39, 0.29) is 17.0 Å². The van der Waals surface area contributed by atoms with E-state index in [0.717, 1.165) is 31.7 Å². The van der Waals surface area contributed by atoms with Gasteiger partial charge in [0.15, 0.2) is 0 Å². The molecule has 2 nitrogen and oxygen atoms in total. The number of amides is 1. The van der Waals surface area contributed by atoms with Crippen LogP contribution in [0.3, 0.4) is 0 Å². The molecule has 2 rings (SSSR count). The number of alkyl halides is 1. The Morgan fingerprint density at radius 1 is 1.26 bits per heavy atom. The molecule has 0 bridgehead atoms. The normalized spacial score (nSPS) is 23.2. The molecule has 5 heteroatoms. The number of hydrogen-bond acceptors (Lipinski definition) is 1. The average Bonchev–Trinajstić information content (AvgIpc) is 2.37. The minimum absolute atomic E-state index is 0.0539. The Hall–Kier alpha value is -1.16. The third kappa shape index (κ3) is 3.24. The van der Waals surface area contributed by atoms with E-state index in [1.54, 1.807) is 0 Å². The molecule has 0 unspecified atom stereocenters. The molecule has 0 aromatic heterocycles. The molecule has 0 spiro atoms. The van der Waals surface area contributed by atoms with Crippen molar-refractivity contribution >= 4 is 17.5 Å². The van der Waals surface area contributed by atoms with Crippen LogP contribution in [0.1, 0.15) is 41.6 Å². The highest BCUT2D eigenvalue weighted by Crippen LogP contribution is 2.23. The number of aryl methyl sites for hydroxylation is 1. The van der Waals surface area contributed by atoms with E-state index in [4.69, 9.17) is 11.6 Å². The predicted octanol–water partition coefficient (Wildman–Crippen LogP) is 3.55. The molecule has 1 aromatic carbocycles. The predicted molar refractivity (Wildman–Crippen MR) is 70.5 cm³/mol. The van der Waals surface area contributed by atoms with Crippen LogP contribution in [0.25, 0.3) is 0 Å². The molecule has 1 fully saturated rings. The van der Waals surface area contributed by atoms with Crippen molar-refractivity contribution in [3.63, 3.8) is 0 Å². The van der Waals surface area contributed by atoms with Gasteiger partial charge in [0.05, 0.1) is 0 Å². The molecule has 1 aliphatic rings. The van der Waals surface area contributed by atoms with Gasteiger partial charge in [0, 0.05) is 11.4 Å². The smallest absolute Gasteiger partial charge is 0.257 e. The third-order valence-corrected chi connectivity index (χ3v) is 3.94. The monoisotopic (exact) mass is 287 g/mol. The SMILES string of the molecule is Cc1ccc(F)c(C(=O)NC2CCC(Cl)CC2)c1F. The molecule has 0 saturated heterocycles. The van der Waals surface area contributed by atoms with Gasteiger partial charge in [0.1, 0.15) is 17.2 Å². The van der Waals surface area contributed by atoms with Crippen LogP contribution in [0.15, 0.2) is 12.1 Å². The van der Waals surface area contributed by atoms with Gasteiger partial charge in [0.2, 0.25) is 0 Å². The third-order valence-electron chi connectivity index (χ3n) is 3.50. The summed E-state index contributed by atoms with van der Waals surface area (Å²) >= 11 is 5.97. The van der Waals surface area contributed by atoms with Gasteiger partial charge in [-0.15, -0.1) is 11.6 Å². The van der Waals surface area contributed by atoms with Crippen molar-refractivity contribution in [2.45, 2.75) is 44.0 Å². The minimum atomic E-state index is -0.827. The summed E-state index contributed by atoms with van der Waals surface area (Å²) < 4.78 is 27.4. The number of rotatable bonds is 2. The lowest BCUT2D eigenvalue weighted by molar-refractivity contribution is 0.0919. The summed E-state index contributed by atoms with van der Waals surface area (Å²) in [4.78, 5) is 12.0. The number of carbonyl (C=O) groups is 1. The number of hydrogen-bond donors (Lipinski definition) is 1. The van der Waals surface area contributed by atoms with Crippen LogP contribution in [0.4, 0.5) is 8.78 Å². The first-order valence-corrected chi connectivity index (χ1v) is 6.82. The maximum absolute atomic E-state index is 13.8. The van der Waals surface area contributed by atoms with Gasteiger partial charge < -0.3 is 5.32 Å². The quantitative estimate of drug-likeness (QED) is 0.828. The fourth-order valence-electron chi connectivity index (χ4n) is 2.32. The van der Waals surface area contributed by atoms with Crippen molar-refractivity contribution in [2.75, 3.05) is 0 Å². The van der Waals surface area contributed by atoms with Crippen molar-refractivity contribution in [2.24, 2.45) is 0 Å². The van der Waals surface area contributed by atoms with Gasteiger partial charge in [-0.3, -0.25) is 4.79 Å². The number of carbonyl (C=O) groups excluding carboxylic acids is 1. The zero-order valence-electron chi connectivity index (χ0n) is 10.7. The number of halogens is 3. The molecule has 1 N–H and O–H groups in total. The molecular formula is C14H16ClF2NO. The second-order valence-corrected chi connectivity index (χ2v) is 5.59. The average molecular weight is 288 g/mol. The molecule has 0 atom stereocenters. The van der Waals surface area contributed by atoms with Crippen LogP contribution in [-0.2, 0) is 0 Å². The zero-order chi connectivity index (χ0) is 14.0. The largest absolute Gasteiger partial charge is 0.349 e. The Balaban J connectivity index is 2.10. The Morgan fingerprint density at radius 2 is 1.89 bits per heavy atom. The number of nitrogens with one attached hydrogen (secondary N) is 1. The highest BCUT2D eigenvalue weighted by atomic mass is 35.5. The van der Waals surface area contributed by atoms with E-state index in [1.165, 1.54) is 13.0 Å². The fraction of sp³-hybridized carbons (Fsp3) is 0.500. The van der Waals surface area contributed by atoms with Crippen LogP contribution in [0, 0.1) is 18.6 Å². The van der Waals surface area contributed by atoms with E-state index >= 15 is 0 Å². The topological polar surface area (TPSA) is 29.1 Å². The minimum Gasteiger partial charge on any atom is -0.349 e. The first-order valence-electron chi connectivity index (χ1n) is 6.38. The van der Waals surface area contributed by atoms with Gasteiger partial charge in [0.25, 0.3) is 5.91 Å². The standard InChI is InChI=1S/C14H16ClF2NO/c1-8-2-7-11(16)12(13(8)17)14(19)18-10-5-3-9(15)4-6-10/h2,7,9-10H,3-6H2,1H3,(H,18,19). The summed E-state index contributed by atoms with van der Waals surface area (Å²) in [6, 6.07) is 2.38. The lowest BCUT2D eigenvalue weighted by Gasteiger charge is -2.26. The zero-order valence-corrected chi connectivity index (χ0v) is 11.4. The van der Waals surface area contributed by atoms with E-state index in [1.807, 2.05) is 0 Å². The molecule has 0 heterocycles. The second kappa shape index (κ2) is 5.87. The van der Waals surface area contributed by atoms with Gasteiger partial charge in [-0.2, -0.15) is 0 Å². The van der Waals surface area contributed by atoms with Crippen molar-refractivity contribution in [3.8, 4) is 0 Å². The fourth-order valence-corrected chi connectivity index (χ4v) is 2.57. The van der Waals surface area contributed by atoms with E-state index in [0.29, 0.717) is 0 Å². The Kier molecular flexibility index (Phi) is 4.40. The maximum atomic E-state index is 13.8. The van der Waals surface area contributed by atoms with Crippen molar-refractivity contribution in [1.82, 2.24) is 5.32 Å². The Morgan fingerprint density at radius 3 is 2.53 bits per heavy atom. The van der Waals surface area contributed by atoms with Gasteiger partial charge in [-0.25, -0.2) is 8.78 Å². The van der Waals surface area contributed by atoms with Crippen LogP contribution in [0.5, 0.6) is 0 Å². The summed E-state index contributed by atoms with van der Waals surface area (Å²) in [5.41, 5.74) is -0.232. The lowest BCUT2D eigenvalue weighted by Crippen LogP contribution is -2.38. The molecule has 1 aromatic rings. The van der Waals surface area contributed by atoms with Crippen molar-refractivity contribution < 1.29 is 13.6 Å². The molecule has 1 saturated carbocycles. The highest BCUT2D eigenvalue weighted by Gasteiger charge is 2.24. The van der Waals surface area contributed by atoms with E-state index in [2.05, 4.69) is 5.32 Å². The summed E-state index contributed by atoms with van der Waals surface area (Å²) in [5, 5.41) is 2.83. The number of benzene rings is 1. The van der Waals surface area contributed by atoms with Crippen molar-refractivity contribution in [3.05, 3.63) is 34.9 Å². The van der Waals surface area contributed by atoms with E-state index < -0.39 is 23.1 Å². The van der Waals surface area contributed by atoms with Crippen LogP contribution in [0.2, 0.25) is 0 Å². The molecule has 0 aliphatic heterocycles. The summed E-state index contributed by atoms with van der Waals surface area (Å²) in [6.07, 6.45) is 3.11. The molecule has 1 amide bonds. The second-order valence-electron chi connectivity index (χ2n) is 4.98. The first kappa shape index (κ1) is 14.3. The van der Waals surface area contributed by atoms with Crippen LogP contribution < -0.4 is 5.32 Å². The summed E-state index contributed by atoms with van der Waals surface area (Å²) in [6.45, 7) is 1.50. The van der Waals surface area contributed by atoms with Crippen LogP contribution >= 0.6 is 11.6 Å². The Bertz CT molecular complexity index is 485. The molecular weight excluding hydrogens is 272 g/mol. The van der Waals surface area contributed by atoms with Gasteiger partial charge in [-0.1, -0.05) is 6.07 Å². The van der Waals surface area contributed by atoms with Crippen LogP contribution in [-0.4, -0.2) is 17.3 Å². The summed E-state index contributed by atoms with van der Waals surface area (Å²) in [7, 11) is 0. The summed E-state index contributed by atoms with van der Waals surface area (Å²) in [5.74, 6) is -2.30. The van der Waals surface area contributed by atoms with E-state index in [9.17, 15) is 13.6 Å². The maximum Gasteiger partial charge on any atom is 0.257 e. The molecule has 104 valence electrons. The lowest BCUT2D eigenvalue weighted by atomic mass is 9.94. The van der Waals surface area contributed by atoms with Gasteiger partial charge in [-0.05, 0) is 44.2 Å². The highest BCUT2D eigenvalue weighted by molar-refractivity contribution is 6.20. The van der Waals surface area contributed by atoms with Gasteiger partial charge >= 0.3 is 0 Å². The molecule has 19 heavy (non-hydrogen) atoms. The Labute approximate surface area is 116 Å². The molecule has 0 radical (unpaired) electrons.